The highest BCUT2D eigenvalue weighted by Crippen LogP contribution is 2.32. The first-order valence-corrected chi connectivity index (χ1v) is 8.08. The van der Waals surface area contributed by atoms with Gasteiger partial charge in [-0.2, -0.15) is 0 Å². The minimum Gasteiger partial charge on any atom is -0.361 e. The Kier molecular flexibility index (Phi) is 3.78. The minimum atomic E-state index is -0.182. The van der Waals surface area contributed by atoms with Crippen LogP contribution in [-0.2, 0) is 24.2 Å². The normalized spacial score (nSPS) is 16.3. The number of carbonyl (C=O) groups is 1. The zero-order chi connectivity index (χ0) is 16.8. The van der Waals surface area contributed by atoms with Crippen molar-refractivity contribution in [1.82, 2.24) is 10.1 Å². The van der Waals surface area contributed by atoms with Gasteiger partial charge in [0.05, 0.1) is 12.1 Å². The molecule has 2 aromatic rings. The molecule has 1 amide bonds. The summed E-state index contributed by atoms with van der Waals surface area (Å²) in [5.74, 6) is 0.874. The van der Waals surface area contributed by atoms with Gasteiger partial charge in [0.1, 0.15) is 5.76 Å². The van der Waals surface area contributed by atoms with Crippen LogP contribution in [0.2, 0.25) is 0 Å². The Morgan fingerprint density at radius 2 is 2.00 bits per heavy atom. The van der Waals surface area contributed by atoms with Crippen LogP contribution < -0.4 is 0 Å². The van der Waals surface area contributed by atoms with E-state index >= 15 is 0 Å². The first kappa shape index (κ1) is 15.8. The van der Waals surface area contributed by atoms with Gasteiger partial charge < -0.3 is 9.42 Å². The number of amides is 1. The summed E-state index contributed by atoms with van der Waals surface area (Å²) in [4.78, 5) is 14.9. The lowest BCUT2D eigenvalue weighted by atomic mass is 9.84. The second kappa shape index (κ2) is 5.52. The van der Waals surface area contributed by atoms with E-state index in [-0.39, 0.29) is 11.4 Å². The largest absolute Gasteiger partial charge is 0.361 e. The lowest BCUT2D eigenvalue weighted by molar-refractivity contribution is -0.137. The summed E-state index contributed by atoms with van der Waals surface area (Å²) < 4.78 is 5.19. The first-order chi connectivity index (χ1) is 10.8. The minimum absolute atomic E-state index is 0.136. The summed E-state index contributed by atoms with van der Waals surface area (Å²) in [5, 5.41) is 3.95. The van der Waals surface area contributed by atoms with Crippen LogP contribution in [0.1, 0.15) is 47.6 Å². The van der Waals surface area contributed by atoms with E-state index < -0.39 is 0 Å². The Bertz CT molecular complexity index is 739. The molecule has 3 rings (SSSR count). The van der Waals surface area contributed by atoms with Gasteiger partial charge in [-0.1, -0.05) is 28.9 Å². The van der Waals surface area contributed by atoms with Gasteiger partial charge in [0.25, 0.3) is 0 Å². The average Bonchev–Trinajstić information content (AvgIpc) is 2.78. The summed E-state index contributed by atoms with van der Waals surface area (Å²) >= 11 is 0. The van der Waals surface area contributed by atoms with Crippen molar-refractivity contribution >= 4 is 5.91 Å². The zero-order valence-electron chi connectivity index (χ0n) is 14.6. The van der Waals surface area contributed by atoms with E-state index in [1.807, 2.05) is 18.7 Å². The Morgan fingerprint density at radius 3 is 2.65 bits per heavy atom. The van der Waals surface area contributed by atoms with Gasteiger partial charge in [0.2, 0.25) is 5.91 Å². The summed E-state index contributed by atoms with van der Waals surface area (Å²) in [7, 11) is 0. The third kappa shape index (κ3) is 2.90. The molecular weight excluding hydrogens is 288 g/mol. The Morgan fingerprint density at radius 1 is 1.26 bits per heavy atom. The van der Waals surface area contributed by atoms with Gasteiger partial charge in [-0.15, -0.1) is 0 Å². The molecule has 0 bridgehead atoms. The summed E-state index contributed by atoms with van der Waals surface area (Å²) in [6, 6.07) is 6.54. The van der Waals surface area contributed by atoms with Gasteiger partial charge in [0, 0.05) is 17.6 Å². The van der Waals surface area contributed by atoms with Gasteiger partial charge in [-0.3, -0.25) is 4.79 Å². The van der Waals surface area contributed by atoms with E-state index in [0.717, 1.165) is 23.4 Å². The van der Waals surface area contributed by atoms with Crippen molar-refractivity contribution < 1.29 is 9.32 Å². The molecule has 23 heavy (non-hydrogen) atoms. The number of hydrogen-bond donors (Lipinski definition) is 0. The highest BCUT2D eigenvalue weighted by atomic mass is 16.5. The average molecular weight is 312 g/mol. The van der Waals surface area contributed by atoms with Crippen LogP contribution >= 0.6 is 0 Å². The molecule has 122 valence electrons. The molecule has 0 atom stereocenters. The molecule has 1 aliphatic heterocycles. The molecule has 0 saturated carbocycles. The molecule has 0 saturated heterocycles. The van der Waals surface area contributed by atoms with Crippen LogP contribution in [0.5, 0.6) is 0 Å². The Hall–Kier alpha value is -2.10. The van der Waals surface area contributed by atoms with Crippen molar-refractivity contribution in [3.05, 3.63) is 51.9 Å². The lowest BCUT2D eigenvalue weighted by Gasteiger charge is -2.43. The molecular formula is C19H24N2O2. The van der Waals surface area contributed by atoms with Gasteiger partial charge in [0.15, 0.2) is 0 Å². The number of benzene rings is 1. The fourth-order valence-corrected chi connectivity index (χ4v) is 3.45. The smallest absolute Gasteiger partial charge is 0.227 e. The quantitative estimate of drug-likeness (QED) is 0.852. The van der Waals surface area contributed by atoms with Crippen LogP contribution in [0.4, 0.5) is 0 Å². The lowest BCUT2D eigenvalue weighted by Crippen LogP contribution is -2.52. The van der Waals surface area contributed by atoms with E-state index in [9.17, 15) is 4.79 Å². The second-order valence-corrected chi connectivity index (χ2v) is 7.22. The van der Waals surface area contributed by atoms with E-state index in [2.05, 4.69) is 44.1 Å². The van der Waals surface area contributed by atoms with Crippen LogP contribution in [0.25, 0.3) is 0 Å². The van der Waals surface area contributed by atoms with E-state index in [0.29, 0.717) is 13.0 Å². The van der Waals surface area contributed by atoms with Crippen LogP contribution in [0.3, 0.4) is 0 Å². The number of rotatable bonds is 2. The molecule has 1 aliphatic rings. The van der Waals surface area contributed by atoms with Crippen LogP contribution in [0, 0.1) is 20.8 Å². The molecule has 0 unspecified atom stereocenters. The number of hydrogen-bond acceptors (Lipinski definition) is 3. The van der Waals surface area contributed by atoms with Crippen molar-refractivity contribution in [3.8, 4) is 0 Å². The van der Waals surface area contributed by atoms with Gasteiger partial charge in [-0.05, 0) is 52.2 Å². The van der Waals surface area contributed by atoms with Crippen molar-refractivity contribution in [2.45, 2.75) is 59.5 Å². The van der Waals surface area contributed by atoms with Crippen LogP contribution in [-0.4, -0.2) is 21.5 Å². The molecule has 0 N–H and O–H groups in total. The zero-order valence-corrected chi connectivity index (χ0v) is 14.6. The number of nitrogens with zero attached hydrogens (tertiary/aromatic N) is 2. The van der Waals surface area contributed by atoms with E-state index in [1.165, 1.54) is 16.7 Å². The topological polar surface area (TPSA) is 46.3 Å². The van der Waals surface area contributed by atoms with Crippen molar-refractivity contribution in [2.75, 3.05) is 0 Å². The molecule has 4 heteroatoms. The number of carbonyl (C=O) groups excluding carboxylic acids is 1. The van der Waals surface area contributed by atoms with Crippen molar-refractivity contribution in [2.24, 2.45) is 0 Å². The molecule has 1 aromatic carbocycles. The predicted molar refractivity (Wildman–Crippen MR) is 89.2 cm³/mol. The van der Waals surface area contributed by atoms with Gasteiger partial charge in [-0.25, -0.2) is 0 Å². The molecule has 0 spiro atoms. The Balaban J connectivity index is 1.88. The fourth-order valence-electron chi connectivity index (χ4n) is 3.45. The van der Waals surface area contributed by atoms with Crippen molar-refractivity contribution in [1.29, 1.82) is 0 Å². The number of aromatic nitrogens is 1. The highest BCUT2D eigenvalue weighted by molar-refractivity contribution is 5.80. The number of aryl methyl sites for hydroxylation is 3. The maximum absolute atomic E-state index is 12.9. The highest BCUT2D eigenvalue weighted by Gasteiger charge is 2.36. The monoisotopic (exact) mass is 312 g/mol. The SMILES string of the molecule is Cc1ccc2c(c1)CN(C(=O)Cc1c(C)noc1C)C(C)(C)C2. The third-order valence-corrected chi connectivity index (χ3v) is 4.85. The van der Waals surface area contributed by atoms with Gasteiger partial charge >= 0.3 is 0 Å². The first-order valence-electron chi connectivity index (χ1n) is 8.08. The molecule has 0 fully saturated rings. The second-order valence-electron chi connectivity index (χ2n) is 7.22. The standard InChI is InChI=1S/C19H24N2O2/c1-12-6-7-15-10-19(4,5)21(11-16(15)8-12)18(22)9-17-13(2)20-23-14(17)3/h6-8H,9-11H2,1-5H3. The summed E-state index contributed by atoms with van der Waals surface area (Å²) in [5.41, 5.74) is 5.39. The van der Waals surface area contributed by atoms with Crippen LogP contribution in [0.15, 0.2) is 22.7 Å². The predicted octanol–water partition coefficient (Wildman–Crippen LogP) is 3.51. The third-order valence-electron chi connectivity index (χ3n) is 4.85. The fraction of sp³-hybridized carbons (Fsp3) is 0.474. The molecule has 4 nitrogen and oxygen atoms in total. The maximum Gasteiger partial charge on any atom is 0.227 e. The number of fused-ring (bicyclic) bond motifs is 1. The maximum atomic E-state index is 12.9. The van der Waals surface area contributed by atoms with Crippen molar-refractivity contribution in [3.63, 3.8) is 0 Å². The molecule has 0 radical (unpaired) electrons. The molecule has 0 aliphatic carbocycles. The molecule has 1 aromatic heterocycles. The Labute approximate surface area is 137 Å². The van der Waals surface area contributed by atoms with E-state index in [1.54, 1.807) is 0 Å². The molecule has 2 heterocycles. The summed E-state index contributed by atoms with van der Waals surface area (Å²) in [6.45, 7) is 10.8. The van der Waals surface area contributed by atoms with E-state index in [4.69, 9.17) is 4.52 Å². The summed E-state index contributed by atoms with van der Waals surface area (Å²) in [6.07, 6.45) is 1.24.